The molecule has 0 saturated heterocycles. The summed E-state index contributed by atoms with van der Waals surface area (Å²) in [5.74, 6) is 1.43. The van der Waals surface area contributed by atoms with E-state index in [-0.39, 0.29) is 12.7 Å². The molecule has 4 aromatic rings. The molecule has 166 valence electrons. The molecule has 3 aromatic carbocycles. The predicted octanol–water partition coefficient (Wildman–Crippen LogP) is 5.20. The summed E-state index contributed by atoms with van der Waals surface area (Å²) < 4.78 is 10.9. The summed E-state index contributed by atoms with van der Waals surface area (Å²) in [6, 6.07) is 21.6. The number of fused-ring (bicyclic) bond motifs is 1. The normalized spacial score (nSPS) is 11.9. The van der Waals surface area contributed by atoms with E-state index in [0.29, 0.717) is 12.1 Å². The van der Waals surface area contributed by atoms with Crippen molar-refractivity contribution in [1.82, 2.24) is 10.3 Å². The van der Waals surface area contributed by atoms with Crippen molar-refractivity contribution in [2.45, 2.75) is 6.54 Å². The number of anilines is 1. The number of ether oxygens (including phenoxy) is 2. The second-order valence-corrected chi connectivity index (χ2v) is 8.79. The molecule has 0 aliphatic carbocycles. The van der Waals surface area contributed by atoms with Gasteiger partial charge in [0, 0.05) is 48.4 Å². The third kappa shape index (κ3) is 4.54. The van der Waals surface area contributed by atoms with Gasteiger partial charge >= 0.3 is 0 Å². The van der Waals surface area contributed by atoms with E-state index < -0.39 is 0 Å². The number of thiazole rings is 1. The van der Waals surface area contributed by atoms with Crippen LogP contribution in [0.4, 0.5) is 5.69 Å². The average Bonchev–Trinajstić information content (AvgIpc) is 3.52. The maximum absolute atomic E-state index is 12.5. The van der Waals surface area contributed by atoms with E-state index >= 15 is 0 Å². The fraction of sp³-hybridized carbons (Fsp3) is 0.154. The fourth-order valence-electron chi connectivity index (χ4n) is 3.57. The number of hydrogen-bond acceptors (Lipinski definition) is 6. The molecular formula is C26H23N3O3S. The maximum Gasteiger partial charge on any atom is 0.251 e. The highest BCUT2D eigenvalue weighted by molar-refractivity contribution is 7.13. The van der Waals surface area contributed by atoms with Crippen LogP contribution >= 0.6 is 11.3 Å². The Hall–Kier alpha value is -3.84. The number of benzene rings is 3. The summed E-state index contributed by atoms with van der Waals surface area (Å²) in [6.45, 7) is 0.724. The first kappa shape index (κ1) is 21.0. The number of aromatic nitrogens is 1. The van der Waals surface area contributed by atoms with Gasteiger partial charge in [0.15, 0.2) is 11.5 Å². The molecule has 1 aliphatic heterocycles. The molecule has 0 atom stereocenters. The van der Waals surface area contributed by atoms with Crippen LogP contribution in [-0.2, 0) is 6.54 Å². The van der Waals surface area contributed by atoms with E-state index in [1.807, 2.05) is 91.1 Å². The standard InChI is InChI=1S/C26H23N3O3S/c1-29(2)21-5-3-4-20(12-21)25(30)27-14-17-6-8-18(9-7-17)26-28-22(15-33-26)19-10-11-23-24(13-19)32-16-31-23/h3-13,15H,14,16H2,1-2H3,(H,27,30). The molecule has 7 heteroatoms. The molecule has 1 amide bonds. The molecule has 0 bridgehead atoms. The van der Waals surface area contributed by atoms with Gasteiger partial charge in [-0.3, -0.25) is 4.79 Å². The van der Waals surface area contributed by atoms with E-state index in [1.54, 1.807) is 11.3 Å². The van der Waals surface area contributed by atoms with Gasteiger partial charge in [-0.2, -0.15) is 0 Å². The number of rotatable bonds is 6. The molecule has 2 heterocycles. The Balaban J connectivity index is 1.24. The maximum atomic E-state index is 12.5. The lowest BCUT2D eigenvalue weighted by Gasteiger charge is -2.13. The molecule has 33 heavy (non-hydrogen) atoms. The Bertz CT molecular complexity index is 1300. The van der Waals surface area contributed by atoms with E-state index in [9.17, 15) is 4.79 Å². The van der Waals surface area contributed by atoms with E-state index in [2.05, 4.69) is 5.32 Å². The molecular weight excluding hydrogens is 434 g/mol. The van der Waals surface area contributed by atoms with Crippen molar-refractivity contribution in [1.29, 1.82) is 0 Å². The van der Waals surface area contributed by atoms with Crippen molar-refractivity contribution < 1.29 is 14.3 Å². The molecule has 0 unspecified atom stereocenters. The van der Waals surface area contributed by atoms with Crippen molar-refractivity contribution in [3.05, 3.63) is 83.2 Å². The Kier molecular flexibility index (Phi) is 5.71. The van der Waals surface area contributed by atoms with E-state index in [1.165, 1.54) is 0 Å². The van der Waals surface area contributed by atoms with Gasteiger partial charge in [0.1, 0.15) is 5.01 Å². The highest BCUT2D eigenvalue weighted by atomic mass is 32.1. The van der Waals surface area contributed by atoms with Crippen LogP contribution < -0.4 is 19.7 Å². The van der Waals surface area contributed by atoms with Crippen LogP contribution in [0.2, 0.25) is 0 Å². The third-order valence-electron chi connectivity index (χ3n) is 5.45. The van der Waals surface area contributed by atoms with Crippen LogP contribution in [-0.4, -0.2) is 31.8 Å². The summed E-state index contributed by atoms with van der Waals surface area (Å²) in [4.78, 5) is 19.3. The molecule has 1 N–H and O–H groups in total. The Labute approximate surface area is 196 Å². The summed E-state index contributed by atoms with van der Waals surface area (Å²) in [6.07, 6.45) is 0. The van der Waals surface area contributed by atoms with Crippen LogP contribution in [0.3, 0.4) is 0 Å². The molecule has 0 fully saturated rings. The molecule has 6 nitrogen and oxygen atoms in total. The van der Waals surface area contributed by atoms with Gasteiger partial charge in [-0.05, 0) is 42.0 Å². The first-order valence-electron chi connectivity index (χ1n) is 10.6. The molecule has 0 radical (unpaired) electrons. The lowest BCUT2D eigenvalue weighted by molar-refractivity contribution is 0.0951. The fourth-order valence-corrected chi connectivity index (χ4v) is 4.40. The van der Waals surface area contributed by atoms with E-state index in [0.717, 1.165) is 44.6 Å². The zero-order valence-corrected chi connectivity index (χ0v) is 19.2. The second-order valence-electron chi connectivity index (χ2n) is 7.93. The van der Waals surface area contributed by atoms with Gasteiger partial charge in [-0.25, -0.2) is 4.98 Å². The minimum Gasteiger partial charge on any atom is -0.454 e. The van der Waals surface area contributed by atoms with Gasteiger partial charge < -0.3 is 19.7 Å². The average molecular weight is 458 g/mol. The van der Waals surface area contributed by atoms with Gasteiger partial charge in [0.05, 0.1) is 5.69 Å². The van der Waals surface area contributed by atoms with Crippen LogP contribution in [0.1, 0.15) is 15.9 Å². The number of nitrogens with zero attached hydrogens (tertiary/aromatic N) is 2. The quantitative estimate of drug-likeness (QED) is 0.431. The first-order chi connectivity index (χ1) is 16.1. The van der Waals surface area contributed by atoms with Crippen LogP contribution in [0.5, 0.6) is 11.5 Å². The molecule has 0 saturated carbocycles. The van der Waals surface area contributed by atoms with Crippen molar-refractivity contribution in [3.63, 3.8) is 0 Å². The van der Waals surface area contributed by atoms with E-state index in [4.69, 9.17) is 14.5 Å². The highest BCUT2D eigenvalue weighted by Gasteiger charge is 2.15. The SMILES string of the molecule is CN(C)c1cccc(C(=O)NCc2ccc(-c3nc(-c4ccc5c(c4)OCO5)cs3)cc2)c1. The van der Waals surface area contributed by atoms with Crippen molar-refractivity contribution in [2.24, 2.45) is 0 Å². The number of hydrogen-bond donors (Lipinski definition) is 1. The van der Waals surface area contributed by atoms with Crippen molar-refractivity contribution in [3.8, 4) is 33.3 Å². The second kappa shape index (κ2) is 8.96. The Morgan fingerprint density at radius 2 is 1.79 bits per heavy atom. The zero-order chi connectivity index (χ0) is 22.8. The lowest BCUT2D eigenvalue weighted by Crippen LogP contribution is -2.23. The number of amides is 1. The zero-order valence-electron chi connectivity index (χ0n) is 18.4. The number of carbonyl (C=O) groups is 1. The van der Waals surface area contributed by atoms with Gasteiger partial charge in [-0.15, -0.1) is 11.3 Å². The van der Waals surface area contributed by atoms with Crippen molar-refractivity contribution >= 4 is 22.9 Å². The summed E-state index contributed by atoms with van der Waals surface area (Å²) in [7, 11) is 3.91. The molecule has 0 spiro atoms. The molecule has 1 aromatic heterocycles. The first-order valence-corrected chi connectivity index (χ1v) is 11.5. The summed E-state index contributed by atoms with van der Waals surface area (Å²) in [5.41, 5.74) is 5.63. The monoisotopic (exact) mass is 457 g/mol. The minimum atomic E-state index is -0.0870. The summed E-state index contributed by atoms with van der Waals surface area (Å²) in [5, 5.41) is 5.98. The van der Waals surface area contributed by atoms with Crippen molar-refractivity contribution in [2.75, 3.05) is 25.8 Å². The van der Waals surface area contributed by atoms with Gasteiger partial charge in [0.25, 0.3) is 5.91 Å². The molecule has 5 rings (SSSR count). The smallest absolute Gasteiger partial charge is 0.251 e. The minimum absolute atomic E-state index is 0.0870. The van der Waals surface area contributed by atoms with Crippen LogP contribution in [0.15, 0.2) is 72.1 Å². The summed E-state index contributed by atoms with van der Waals surface area (Å²) >= 11 is 1.60. The highest BCUT2D eigenvalue weighted by Crippen LogP contribution is 2.37. The Morgan fingerprint density at radius 1 is 1.00 bits per heavy atom. The van der Waals surface area contributed by atoms with Gasteiger partial charge in [0.2, 0.25) is 6.79 Å². The number of carbonyl (C=O) groups excluding carboxylic acids is 1. The molecule has 1 aliphatic rings. The number of nitrogens with one attached hydrogen (secondary N) is 1. The lowest BCUT2D eigenvalue weighted by atomic mass is 10.1. The van der Waals surface area contributed by atoms with Crippen LogP contribution in [0.25, 0.3) is 21.8 Å². The third-order valence-corrected chi connectivity index (χ3v) is 6.34. The predicted molar refractivity (Wildman–Crippen MR) is 131 cm³/mol. The topological polar surface area (TPSA) is 63.7 Å². The largest absolute Gasteiger partial charge is 0.454 e. The van der Waals surface area contributed by atoms with Crippen LogP contribution in [0, 0.1) is 0 Å². The Morgan fingerprint density at radius 3 is 2.61 bits per heavy atom. The van der Waals surface area contributed by atoms with Gasteiger partial charge in [-0.1, -0.05) is 30.3 Å².